The van der Waals surface area contributed by atoms with Gasteiger partial charge < -0.3 is 10.1 Å². The number of benzene rings is 1. The Labute approximate surface area is 133 Å². The first-order chi connectivity index (χ1) is 9.42. The van der Waals surface area contributed by atoms with Crippen molar-refractivity contribution < 1.29 is 4.74 Å². The molecule has 0 amide bonds. The van der Waals surface area contributed by atoms with Crippen molar-refractivity contribution >= 4 is 22.6 Å². The molecule has 0 unspecified atom stereocenters. The Balaban J connectivity index is 1.98. The van der Waals surface area contributed by atoms with E-state index in [4.69, 9.17) is 4.74 Å². The summed E-state index contributed by atoms with van der Waals surface area (Å²) in [5, 5.41) is 3.37. The molecule has 20 heavy (non-hydrogen) atoms. The van der Waals surface area contributed by atoms with E-state index in [1.165, 1.54) is 0 Å². The highest BCUT2D eigenvalue weighted by Crippen LogP contribution is 2.20. The Morgan fingerprint density at radius 3 is 2.60 bits per heavy atom. The van der Waals surface area contributed by atoms with Crippen LogP contribution >= 0.6 is 22.6 Å². The molecule has 4 nitrogen and oxygen atoms in total. The number of rotatable bonds is 4. The van der Waals surface area contributed by atoms with Crippen molar-refractivity contribution in [3.8, 4) is 11.6 Å². The number of nitrogens with zero attached hydrogens (tertiary/aromatic N) is 2. The minimum atomic E-state index is 0.0670. The van der Waals surface area contributed by atoms with Gasteiger partial charge in [-0.1, -0.05) is 6.07 Å². The lowest BCUT2D eigenvalue weighted by Gasteiger charge is -2.19. The predicted octanol–water partition coefficient (Wildman–Crippen LogP) is 3.76. The van der Waals surface area contributed by atoms with Gasteiger partial charge in [-0.25, -0.2) is 4.98 Å². The molecule has 0 spiro atoms. The van der Waals surface area contributed by atoms with Crippen LogP contribution in [-0.2, 0) is 6.54 Å². The first-order valence-corrected chi connectivity index (χ1v) is 7.50. The molecular weight excluding hydrogens is 365 g/mol. The van der Waals surface area contributed by atoms with E-state index in [2.05, 4.69) is 58.6 Å². The molecule has 1 aromatic carbocycles. The molecule has 0 atom stereocenters. The summed E-state index contributed by atoms with van der Waals surface area (Å²) in [6, 6.07) is 7.82. The molecule has 0 fully saturated rings. The van der Waals surface area contributed by atoms with E-state index in [-0.39, 0.29) is 5.54 Å². The van der Waals surface area contributed by atoms with Crippen LogP contribution in [0.3, 0.4) is 0 Å². The zero-order valence-electron chi connectivity index (χ0n) is 11.9. The molecule has 0 aliphatic heterocycles. The fraction of sp³-hybridized carbons (Fsp3) is 0.333. The first-order valence-electron chi connectivity index (χ1n) is 6.42. The van der Waals surface area contributed by atoms with Crippen LogP contribution in [0.4, 0.5) is 0 Å². The van der Waals surface area contributed by atoms with Gasteiger partial charge >= 0.3 is 0 Å². The normalized spacial score (nSPS) is 11.4. The zero-order chi connectivity index (χ0) is 14.6. The Morgan fingerprint density at radius 1 is 1.20 bits per heavy atom. The maximum atomic E-state index is 5.66. The average molecular weight is 383 g/mol. The van der Waals surface area contributed by atoms with E-state index in [9.17, 15) is 0 Å². The summed E-state index contributed by atoms with van der Waals surface area (Å²) in [6.07, 6.45) is 3.39. The summed E-state index contributed by atoms with van der Waals surface area (Å²) in [6.45, 7) is 7.05. The van der Waals surface area contributed by atoms with Crippen LogP contribution in [0.5, 0.6) is 11.6 Å². The Morgan fingerprint density at radius 2 is 2.00 bits per heavy atom. The summed E-state index contributed by atoms with van der Waals surface area (Å²) in [7, 11) is 0. The Hall–Kier alpha value is -1.21. The molecule has 0 aliphatic rings. The van der Waals surface area contributed by atoms with Crippen LogP contribution in [0.15, 0.2) is 36.7 Å². The molecule has 5 heteroatoms. The Kier molecular flexibility index (Phi) is 4.93. The highest BCUT2D eigenvalue weighted by Gasteiger charge is 2.09. The van der Waals surface area contributed by atoms with Gasteiger partial charge in [0.1, 0.15) is 5.75 Å². The van der Waals surface area contributed by atoms with Crippen molar-refractivity contribution in [2.45, 2.75) is 32.9 Å². The zero-order valence-corrected chi connectivity index (χ0v) is 14.0. The highest BCUT2D eigenvalue weighted by molar-refractivity contribution is 14.1. The van der Waals surface area contributed by atoms with Gasteiger partial charge in [0, 0.05) is 15.7 Å². The molecule has 1 aromatic heterocycles. The fourth-order valence-corrected chi connectivity index (χ4v) is 2.01. The van der Waals surface area contributed by atoms with Crippen molar-refractivity contribution in [3.63, 3.8) is 0 Å². The quantitative estimate of drug-likeness (QED) is 0.817. The average Bonchev–Trinajstić information content (AvgIpc) is 2.37. The fourth-order valence-electron chi connectivity index (χ4n) is 1.49. The molecule has 2 aromatic rings. The molecule has 0 bridgehead atoms. The second kappa shape index (κ2) is 6.49. The lowest BCUT2D eigenvalue weighted by molar-refractivity contribution is 0.418. The largest absolute Gasteiger partial charge is 0.437 e. The number of ether oxygens (including phenoxy) is 1. The van der Waals surface area contributed by atoms with E-state index in [1.54, 1.807) is 12.4 Å². The van der Waals surface area contributed by atoms with Crippen LogP contribution in [-0.4, -0.2) is 15.5 Å². The highest BCUT2D eigenvalue weighted by atomic mass is 127. The first kappa shape index (κ1) is 15.2. The van der Waals surface area contributed by atoms with Gasteiger partial charge in [0.15, 0.2) is 0 Å². The second-order valence-electron chi connectivity index (χ2n) is 5.51. The van der Waals surface area contributed by atoms with Crippen LogP contribution in [0.1, 0.15) is 26.5 Å². The van der Waals surface area contributed by atoms with E-state index < -0.39 is 0 Å². The van der Waals surface area contributed by atoms with Gasteiger partial charge in [0.05, 0.1) is 18.1 Å². The number of aromatic nitrogens is 2. The molecule has 2 rings (SSSR count). The van der Waals surface area contributed by atoms with Crippen molar-refractivity contribution in [1.82, 2.24) is 15.3 Å². The number of hydrogen-bond donors (Lipinski definition) is 1. The SMILES string of the molecule is CC(C)(C)NCc1cnc(Oc2cccc(I)c2)cn1. The number of hydrogen-bond acceptors (Lipinski definition) is 4. The van der Waals surface area contributed by atoms with Gasteiger partial charge in [-0.05, 0) is 61.6 Å². The van der Waals surface area contributed by atoms with Gasteiger partial charge in [-0.3, -0.25) is 4.98 Å². The summed E-state index contributed by atoms with van der Waals surface area (Å²) < 4.78 is 6.78. The monoisotopic (exact) mass is 383 g/mol. The van der Waals surface area contributed by atoms with Gasteiger partial charge in [0.2, 0.25) is 5.88 Å². The summed E-state index contributed by atoms with van der Waals surface area (Å²) in [4.78, 5) is 8.63. The lowest BCUT2D eigenvalue weighted by atomic mass is 10.1. The summed E-state index contributed by atoms with van der Waals surface area (Å²) in [5.41, 5.74) is 0.965. The minimum Gasteiger partial charge on any atom is -0.437 e. The maximum absolute atomic E-state index is 5.66. The van der Waals surface area contributed by atoms with Gasteiger partial charge in [-0.2, -0.15) is 0 Å². The molecule has 0 saturated heterocycles. The van der Waals surface area contributed by atoms with E-state index in [0.717, 1.165) is 15.0 Å². The predicted molar refractivity (Wildman–Crippen MR) is 87.9 cm³/mol. The Bertz CT molecular complexity index is 564. The van der Waals surface area contributed by atoms with E-state index in [1.807, 2.05) is 24.3 Å². The topological polar surface area (TPSA) is 47.0 Å². The smallest absolute Gasteiger partial charge is 0.237 e. The second-order valence-corrected chi connectivity index (χ2v) is 6.75. The molecule has 0 saturated carbocycles. The number of nitrogens with one attached hydrogen (secondary N) is 1. The van der Waals surface area contributed by atoms with Crippen molar-refractivity contribution in [3.05, 3.63) is 45.9 Å². The van der Waals surface area contributed by atoms with Gasteiger partial charge in [-0.15, -0.1) is 0 Å². The van der Waals surface area contributed by atoms with E-state index >= 15 is 0 Å². The molecule has 106 valence electrons. The summed E-state index contributed by atoms with van der Waals surface area (Å²) in [5.74, 6) is 1.28. The van der Waals surface area contributed by atoms with Gasteiger partial charge in [0.25, 0.3) is 0 Å². The molecule has 0 aliphatic carbocycles. The van der Waals surface area contributed by atoms with Crippen molar-refractivity contribution in [1.29, 1.82) is 0 Å². The van der Waals surface area contributed by atoms with Crippen LogP contribution in [0.2, 0.25) is 0 Å². The van der Waals surface area contributed by atoms with E-state index in [0.29, 0.717) is 12.4 Å². The van der Waals surface area contributed by atoms with Crippen LogP contribution < -0.4 is 10.1 Å². The number of halogens is 1. The van der Waals surface area contributed by atoms with Crippen molar-refractivity contribution in [2.24, 2.45) is 0 Å². The van der Waals surface area contributed by atoms with Crippen molar-refractivity contribution in [2.75, 3.05) is 0 Å². The molecule has 1 N–H and O–H groups in total. The lowest BCUT2D eigenvalue weighted by Crippen LogP contribution is -2.35. The van der Waals surface area contributed by atoms with Crippen LogP contribution in [0.25, 0.3) is 0 Å². The standard InChI is InChI=1S/C15H18IN3O/c1-15(2,3)19-9-12-8-18-14(10-17-12)20-13-6-4-5-11(16)7-13/h4-8,10,19H,9H2,1-3H3. The third-order valence-electron chi connectivity index (χ3n) is 2.50. The summed E-state index contributed by atoms with van der Waals surface area (Å²) >= 11 is 2.25. The third kappa shape index (κ3) is 5.05. The molecule has 1 heterocycles. The molecular formula is C15H18IN3O. The third-order valence-corrected chi connectivity index (χ3v) is 3.17. The van der Waals surface area contributed by atoms with Crippen LogP contribution in [0, 0.1) is 3.57 Å². The minimum absolute atomic E-state index is 0.0670. The maximum Gasteiger partial charge on any atom is 0.237 e. The molecule has 0 radical (unpaired) electrons.